The highest BCUT2D eigenvalue weighted by atomic mass is 35.5. The number of benzene rings is 2. The van der Waals surface area contributed by atoms with Gasteiger partial charge in [-0.05, 0) is 36.8 Å². The maximum absolute atomic E-state index is 12.1. The molecule has 0 aliphatic heterocycles. The molecule has 158 valence electrons. The van der Waals surface area contributed by atoms with Crippen LogP contribution in [0.25, 0.3) is 0 Å². The minimum atomic E-state index is -0.291. The Morgan fingerprint density at radius 2 is 1.93 bits per heavy atom. The van der Waals surface area contributed by atoms with Crippen LogP contribution in [0.2, 0.25) is 5.02 Å². The second kappa shape index (κ2) is 12.3. The number of hydrogen-bond acceptors (Lipinski definition) is 6. The Bertz CT molecular complexity index is 783. The highest BCUT2D eigenvalue weighted by Gasteiger charge is 2.14. The van der Waals surface area contributed by atoms with Crippen molar-refractivity contribution in [3.05, 3.63) is 52.5 Å². The molecule has 0 aliphatic carbocycles. The third kappa shape index (κ3) is 7.91. The van der Waals surface area contributed by atoms with Gasteiger partial charge in [-0.1, -0.05) is 29.3 Å². The summed E-state index contributed by atoms with van der Waals surface area (Å²) in [6.07, 6.45) is 0. The van der Waals surface area contributed by atoms with Crippen LogP contribution in [0.1, 0.15) is 11.1 Å². The van der Waals surface area contributed by atoms with E-state index in [1.165, 1.54) is 7.11 Å². The lowest BCUT2D eigenvalue weighted by atomic mass is 10.2. The molecule has 0 radical (unpaired) electrons. The van der Waals surface area contributed by atoms with E-state index in [1.807, 2.05) is 31.2 Å². The lowest BCUT2D eigenvalue weighted by molar-refractivity contribution is -0.118. The molecule has 1 amide bonds. The van der Waals surface area contributed by atoms with Crippen molar-refractivity contribution >= 4 is 23.2 Å². The van der Waals surface area contributed by atoms with Crippen LogP contribution in [0, 0.1) is 6.92 Å². The van der Waals surface area contributed by atoms with E-state index in [9.17, 15) is 4.79 Å². The molecule has 0 atom stereocenters. The van der Waals surface area contributed by atoms with Crippen molar-refractivity contribution in [3.63, 3.8) is 0 Å². The molecule has 0 fully saturated rings. The first-order valence-corrected chi connectivity index (χ1v) is 9.66. The number of carbonyl (C=O) groups is 1. The number of methoxy groups -OCH3 is 1. The zero-order valence-corrected chi connectivity index (χ0v) is 17.4. The predicted octanol–water partition coefficient (Wildman–Crippen LogP) is 2.77. The van der Waals surface area contributed by atoms with Crippen LogP contribution in [0.15, 0.2) is 36.4 Å². The van der Waals surface area contributed by atoms with Crippen LogP contribution in [0.5, 0.6) is 11.5 Å². The second-order valence-electron chi connectivity index (χ2n) is 6.32. The molecule has 0 heterocycles. The first kappa shape index (κ1) is 23.0. The molecule has 2 aromatic carbocycles. The van der Waals surface area contributed by atoms with Crippen LogP contribution in [0.4, 0.5) is 5.69 Å². The highest BCUT2D eigenvalue weighted by Crippen LogP contribution is 2.36. The molecule has 8 heteroatoms. The number of ether oxygens (including phenoxy) is 3. The van der Waals surface area contributed by atoms with E-state index in [0.717, 1.165) is 11.1 Å². The summed E-state index contributed by atoms with van der Waals surface area (Å²) < 4.78 is 16.2. The third-order valence-corrected chi connectivity index (χ3v) is 4.24. The van der Waals surface area contributed by atoms with Gasteiger partial charge in [-0.15, -0.1) is 0 Å². The van der Waals surface area contributed by atoms with Crippen molar-refractivity contribution in [1.29, 1.82) is 0 Å². The molecule has 29 heavy (non-hydrogen) atoms. The number of rotatable bonds is 12. The van der Waals surface area contributed by atoms with Gasteiger partial charge in [0.2, 0.25) is 0 Å². The first-order chi connectivity index (χ1) is 14.0. The van der Waals surface area contributed by atoms with E-state index in [4.69, 9.17) is 30.9 Å². The minimum absolute atomic E-state index is 0.0112. The van der Waals surface area contributed by atoms with Crippen molar-refractivity contribution in [2.45, 2.75) is 13.5 Å². The second-order valence-corrected chi connectivity index (χ2v) is 6.73. The molecule has 7 nitrogen and oxygen atoms in total. The number of nitrogens with one attached hydrogen (secondary N) is 2. The lowest BCUT2D eigenvalue weighted by Gasteiger charge is -2.14. The van der Waals surface area contributed by atoms with Crippen LogP contribution in [0.3, 0.4) is 0 Å². The van der Waals surface area contributed by atoms with Gasteiger partial charge in [0.1, 0.15) is 0 Å². The quantitative estimate of drug-likeness (QED) is 0.456. The fourth-order valence-electron chi connectivity index (χ4n) is 2.53. The summed E-state index contributed by atoms with van der Waals surface area (Å²) in [7, 11) is 1.52. The van der Waals surface area contributed by atoms with Crippen molar-refractivity contribution in [3.8, 4) is 11.5 Å². The highest BCUT2D eigenvalue weighted by molar-refractivity contribution is 6.32. The van der Waals surface area contributed by atoms with Gasteiger partial charge < -0.3 is 30.0 Å². The zero-order chi connectivity index (χ0) is 21.1. The van der Waals surface area contributed by atoms with E-state index in [-0.39, 0.29) is 19.1 Å². The van der Waals surface area contributed by atoms with E-state index >= 15 is 0 Å². The largest absolute Gasteiger partial charge is 0.493 e. The monoisotopic (exact) mass is 422 g/mol. The number of amides is 1. The molecule has 2 aromatic rings. The van der Waals surface area contributed by atoms with Gasteiger partial charge in [-0.25, -0.2) is 0 Å². The summed E-state index contributed by atoms with van der Waals surface area (Å²) in [5.41, 5.74) is 2.72. The number of aryl methyl sites for hydroxylation is 1. The van der Waals surface area contributed by atoms with Gasteiger partial charge in [0.15, 0.2) is 18.1 Å². The Balaban J connectivity index is 1.89. The van der Waals surface area contributed by atoms with Crippen LogP contribution >= 0.6 is 11.6 Å². The van der Waals surface area contributed by atoms with Gasteiger partial charge in [0.05, 0.1) is 32.0 Å². The van der Waals surface area contributed by atoms with Gasteiger partial charge in [0, 0.05) is 18.8 Å². The Morgan fingerprint density at radius 3 is 2.62 bits per heavy atom. The minimum Gasteiger partial charge on any atom is -0.493 e. The standard InChI is InChI=1S/C21H27ClN2O5/c1-15-3-5-17(6-4-15)24-20(26)14-29-21-18(22)11-16(12-19(21)27-2)13-23-7-9-28-10-8-25/h3-6,11-12,23,25H,7-10,13-14H2,1-2H3,(H,24,26). The molecule has 3 N–H and O–H groups in total. The average Bonchev–Trinajstić information content (AvgIpc) is 2.71. The zero-order valence-electron chi connectivity index (χ0n) is 16.7. The van der Waals surface area contributed by atoms with E-state index in [0.29, 0.717) is 48.5 Å². The molecule has 2 rings (SSSR count). The Morgan fingerprint density at radius 1 is 1.17 bits per heavy atom. The average molecular weight is 423 g/mol. The van der Waals surface area contributed by atoms with Gasteiger partial charge in [-0.3, -0.25) is 4.79 Å². The number of hydrogen-bond donors (Lipinski definition) is 3. The van der Waals surface area contributed by atoms with Gasteiger partial charge in [0.25, 0.3) is 5.91 Å². The number of halogens is 1. The lowest BCUT2D eigenvalue weighted by Crippen LogP contribution is -2.21. The topological polar surface area (TPSA) is 89.1 Å². The van der Waals surface area contributed by atoms with Crippen molar-refractivity contribution in [1.82, 2.24) is 5.32 Å². The SMILES string of the molecule is COc1cc(CNCCOCCO)cc(Cl)c1OCC(=O)Nc1ccc(C)cc1. The van der Waals surface area contributed by atoms with Gasteiger partial charge in [-0.2, -0.15) is 0 Å². The summed E-state index contributed by atoms with van der Waals surface area (Å²) >= 11 is 6.34. The molecule has 0 spiro atoms. The smallest absolute Gasteiger partial charge is 0.262 e. The number of aliphatic hydroxyl groups is 1. The van der Waals surface area contributed by atoms with E-state index in [2.05, 4.69) is 10.6 Å². The molecular formula is C21H27ClN2O5. The maximum atomic E-state index is 12.1. The molecule has 0 saturated heterocycles. The summed E-state index contributed by atoms with van der Waals surface area (Å²) in [5, 5.41) is 15.0. The number of aliphatic hydroxyl groups excluding tert-OH is 1. The maximum Gasteiger partial charge on any atom is 0.262 e. The predicted molar refractivity (Wildman–Crippen MR) is 113 cm³/mol. The van der Waals surface area contributed by atoms with Crippen molar-refractivity contribution in [2.24, 2.45) is 0 Å². The van der Waals surface area contributed by atoms with Crippen molar-refractivity contribution in [2.75, 3.05) is 45.4 Å². The number of carbonyl (C=O) groups excluding carboxylic acids is 1. The Labute approximate surface area is 175 Å². The van der Waals surface area contributed by atoms with Gasteiger partial charge >= 0.3 is 0 Å². The summed E-state index contributed by atoms with van der Waals surface area (Å²) in [6.45, 7) is 3.83. The van der Waals surface area contributed by atoms with Crippen LogP contribution in [-0.4, -0.2) is 51.1 Å². The summed E-state index contributed by atoms with van der Waals surface area (Å²) in [4.78, 5) is 12.1. The Hall–Kier alpha value is -2.32. The molecule has 0 aromatic heterocycles. The molecule has 0 aliphatic rings. The molecular weight excluding hydrogens is 396 g/mol. The summed E-state index contributed by atoms with van der Waals surface area (Å²) in [6, 6.07) is 11.1. The molecule has 0 saturated carbocycles. The number of anilines is 1. The fourth-order valence-corrected chi connectivity index (χ4v) is 2.82. The first-order valence-electron chi connectivity index (χ1n) is 9.28. The Kier molecular flexibility index (Phi) is 9.73. The van der Waals surface area contributed by atoms with E-state index < -0.39 is 0 Å². The van der Waals surface area contributed by atoms with Crippen LogP contribution in [-0.2, 0) is 16.1 Å². The molecule has 0 unspecified atom stereocenters. The van der Waals surface area contributed by atoms with Crippen LogP contribution < -0.4 is 20.1 Å². The third-order valence-electron chi connectivity index (χ3n) is 3.96. The normalized spacial score (nSPS) is 10.6. The summed E-state index contributed by atoms with van der Waals surface area (Å²) in [5.74, 6) is 0.484. The van der Waals surface area contributed by atoms with Crippen molar-refractivity contribution < 1.29 is 24.1 Å². The van der Waals surface area contributed by atoms with E-state index in [1.54, 1.807) is 12.1 Å². The molecule has 0 bridgehead atoms. The fraction of sp³-hybridized carbons (Fsp3) is 0.381.